The second kappa shape index (κ2) is 12.3. The largest absolute Gasteiger partial charge is 0.496 e. The summed E-state index contributed by atoms with van der Waals surface area (Å²) in [5, 5.41) is 8.26. The highest BCUT2D eigenvalue weighted by atomic mass is 79.9. The Labute approximate surface area is 276 Å². The summed E-state index contributed by atoms with van der Waals surface area (Å²) in [6, 6.07) is 30.3. The van der Waals surface area contributed by atoms with Crippen molar-refractivity contribution in [3.05, 3.63) is 128 Å². The molecule has 7 rings (SSSR count). The number of aromatic nitrogens is 2. The van der Waals surface area contributed by atoms with Gasteiger partial charge in [-0.3, -0.25) is 4.79 Å². The Morgan fingerprint density at radius 1 is 0.891 bits per heavy atom. The number of methoxy groups -OCH3 is 2. The summed E-state index contributed by atoms with van der Waals surface area (Å²) in [6.07, 6.45) is 1.51. The van der Waals surface area contributed by atoms with Gasteiger partial charge in [-0.2, -0.15) is 9.78 Å². The molecule has 0 saturated carbocycles. The molecule has 0 saturated heterocycles. The quantitative estimate of drug-likeness (QED) is 0.148. The fraction of sp³-hybridized carbons (Fsp3) is 0.0833. The van der Waals surface area contributed by atoms with Gasteiger partial charge >= 0.3 is 0 Å². The first-order valence-corrected chi connectivity index (χ1v) is 15.4. The van der Waals surface area contributed by atoms with E-state index in [0.717, 1.165) is 21.7 Å². The number of nitrogens with zero attached hydrogens (tertiary/aromatic N) is 3. The first-order chi connectivity index (χ1) is 22.5. The van der Waals surface area contributed by atoms with Crippen molar-refractivity contribution >= 4 is 66.4 Å². The summed E-state index contributed by atoms with van der Waals surface area (Å²) >= 11 is 10.4. The van der Waals surface area contributed by atoms with Gasteiger partial charge in [0.2, 0.25) is 5.82 Å². The van der Waals surface area contributed by atoms with Gasteiger partial charge in [0, 0.05) is 10.0 Å². The lowest BCUT2D eigenvalue weighted by Gasteiger charge is -2.16. The van der Waals surface area contributed by atoms with Crippen LogP contribution in [0.25, 0.3) is 44.2 Å². The molecule has 10 heteroatoms. The van der Waals surface area contributed by atoms with Gasteiger partial charge in [0.1, 0.15) is 23.0 Å². The van der Waals surface area contributed by atoms with Gasteiger partial charge in [-0.15, -0.1) is 0 Å². The molecule has 0 fully saturated rings. The predicted molar refractivity (Wildman–Crippen MR) is 185 cm³/mol. The van der Waals surface area contributed by atoms with Crippen LogP contribution in [0.1, 0.15) is 11.1 Å². The highest BCUT2D eigenvalue weighted by Crippen LogP contribution is 2.43. The molecule has 0 atom stereocenters. The van der Waals surface area contributed by atoms with Crippen LogP contribution >= 0.6 is 27.5 Å². The highest BCUT2D eigenvalue weighted by molar-refractivity contribution is 9.10. The van der Waals surface area contributed by atoms with E-state index < -0.39 is 0 Å². The number of rotatable bonds is 8. The summed E-state index contributed by atoms with van der Waals surface area (Å²) in [5.74, 6) is 2.00. The average Bonchev–Trinajstić information content (AvgIpc) is 3.53. The summed E-state index contributed by atoms with van der Waals surface area (Å²) in [7, 11) is 3.13. The van der Waals surface area contributed by atoms with Crippen LogP contribution in [0.5, 0.6) is 17.2 Å². The molecule has 2 heterocycles. The summed E-state index contributed by atoms with van der Waals surface area (Å²) < 4.78 is 25.3. The van der Waals surface area contributed by atoms with Crippen molar-refractivity contribution in [2.75, 3.05) is 14.2 Å². The fourth-order valence-electron chi connectivity index (χ4n) is 5.39. The number of hydrogen-bond acceptors (Lipinski definition) is 7. The van der Waals surface area contributed by atoms with Crippen LogP contribution in [-0.4, -0.2) is 30.1 Å². The maximum absolute atomic E-state index is 13.8. The summed E-state index contributed by atoms with van der Waals surface area (Å²) in [5.41, 5.74) is 2.30. The zero-order chi connectivity index (χ0) is 31.8. The molecule has 8 nitrogen and oxygen atoms in total. The minimum absolute atomic E-state index is 0.224. The van der Waals surface area contributed by atoms with E-state index in [1.54, 1.807) is 37.4 Å². The van der Waals surface area contributed by atoms with Crippen LogP contribution in [0.15, 0.2) is 116 Å². The summed E-state index contributed by atoms with van der Waals surface area (Å²) in [4.78, 5) is 18.5. The molecule has 46 heavy (non-hydrogen) atoms. The molecule has 0 unspecified atom stereocenters. The Kier molecular flexibility index (Phi) is 7.94. The zero-order valence-electron chi connectivity index (χ0n) is 24.7. The molecular weight excluding hydrogens is 670 g/mol. The first-order valence-electron chi connectivity index (χ1n) is 14.3. The first kappa shape index (κ1) is 29.6. The number of para-hydroxylation sites is 1. The molecule has 0 aliphatic heterocycles. The highest BCUT2D eigenvalue weighted by Gasteiger charge is 2.20. The lowest BCUT2D eigenvalue weighted by atomic mass is 10.1. The fourth-order valence-corrected chi connectivity index (χ4v) is 6.04. The summed E-state index contributed by atoms with van der Waals surface area (Å²) in [6.45, 7) is 0.279. The maximum atomic E-state index is 13.8. The van der Waals surface area contributed by atoms with Crippen LogP contribution in [0.3, 0.4) is 0 Å². The molecule has 0 amide bonds. The third-order valence-electron chi connectivity index (χ3n) is 7.66. The van der Waals surface area contributed by atoms with Crippen LogP contribution in [0.2, 0.25) is 5.02 Å². The Morgan fingerprint density at radius 3 is 2.46 bits per heavy atom. The van der Waals surface area contributed by atoms with Gasteiger partial charge < -0.3 is 18.6 Å². The Balaban J connectivity index is 1.29. The van der Waals surface area contributed by atoms with Gasteiger partial charge in [0.15, 0.2) is 17.3 Å². The number of furan rings is 1. The average molecular weight is 695 g/mol. The van der Waals surface area contributed by atoms with Gasteiger partial charge in [-0.25, -0.2) is 4.98 Å². The van der Waals surface area contributed by atoms with Crippen LogP contribution in [-0.2, 0) is 6.61 Å². The molecular formula is C36H25BrClN3O5. The van der Waals surface area contributed by atoms with Crippen LogP contribution in [0.4, 0.5) is 0 Å². The van der Waals surface area contributed by atoms with Crippen molar-refractivity contribution in [2.45, 2.75) is 6.61 Å². The van der Waals surface area contributed by atoms with E-state index in [0.29, 0.717) is 54.6 Å². The van der Waals surface area contributed by atoms with Crippen molar-refractivity contribution in [3.63, 3.8) is 0 Å². The van der Waals surface area contributed by atoms with Gasteiger partial charge in [0.05, 0.1) is 36.7 Å². The minimum Gasteiger partial charge on any atom is -0.496 e. The van der Waals surface area contributed by atoms with Gasteiger partial charge in [-0.05, 0) is 68.7 Å². The van der Waals surface area contributed by atoms with E-state index in [2.05, 4.69) is 39.2 Å². The topological polar surface area (TPSA) is 88.1 Å². The second-order valence-electron chi connectivity index (χ2n) is 10.3. The van der Waals surface area contributed by atoms with E-state index in [9.17, 15) is 4.79 Å². The molecule has 2 aromatic heterocycles. The molecule has 0 aliphatic carbocycles. The van der Waals surface area contributed by atoms with Crippen LogP contribution in [0, 0.1) is 0 Å². The Hall–Kier alpha value is -5.12. The van der Waals surface area contributed by atoms with E-state index in [-0.39, 0.29) is 18.0 Å². The lowest BCUT2D eigenvalue weighted by molar-refractivity contribution is 0.285. The van der Waals surface area contributed by atoms with Gasteiger partial charge in [0.25, 0.3) is 5.56 Å². The number of ether oxygens (including phenoxy) is 3. The normalized spacial score (nSPS) is 11.6. The Bertz CT molecular complexity index is 2360. The molecule has 5 aromatic carbocycles. The third kappa shape index (κ3) is 5.27. The molecule has 0 spiro atoms. The molecule has 228 valence electrons. The number of hydrogen-bond donors (Lipinski definition) is 0. The Morgan fingerprint density at radius 2 is 1.63 bits per heavy atom. The monoisotopic (exact) mass is 693 g/mol. The van der Waals surface area contributed by atoms with Crippen molar-refractivity contribution in [1.82, 2.24) is 9.66 Å². The number of benzene rings is 5. The molecule has 7 aromatic rings. The second-order valence-corrected chi connectivity index (χ2v) is 11.5. The smallest absolute Gasteiger partial charge is 0.282 e. The van der Waals surface area contributed by atoms with Crippen LogP contribution < -0.4 is 19.8 Å². The molecule has 0 radical (unpaired) electrons. The van der Waals surface area contributed by atoms with E-state index in [1.165, 1.54) is 18.0 Å². The SMILES string of the molecule is COc1cc(C=Nn2c(-c3cc4c(OC)cccc4o3)nc3ccccc3c2=O)c(Br)c(Cl)c1OCc1cccc2ccccc12. The van der Waals surface area contributed by atoms with Crippen molar-refractivity contribution in [2.24, 2.45) is 5.10 Å². The number of fused-ring (bicyclic) bond motifs is 3. The van der Waals surface area contributed by atoms with Crippen molar-refractivity contribution in [3.8, 4) is 28.8 Å². The van der Waals surface area contributed by atoms with Crippen molar-refractivity contribution in [1.29, 1.82) is 0 Å². The lowest BCUT2D eigenvalue weighted by Crippen LogP contribution is -2.20. The maximum Gasteiger partial charge on any atom is 0.282 e. The molecule has 0 N–H and O–H groups in total. The van der Waals surface area contributed by atoms with E-state index >= 15 is 0 Å². The molecule has 0 bridgehead atoms. The van der Waals surface area contributed by atoms with E-state index in [4.69, 9.17) is 35.2 Å². The standard InChI is InChI=1S/C36H25BrClN3O5/c1-43-28-15-8-16-29-26(28)18-31(46-29)35-40-27-14-6-5-13-25(27)36(42)41(35)39-19-23-17-30(44-2)34(33(38)32(23)37)45-20-22-11-7-10-21-9-3-4-12-24(21)22/h3-19H,20H2,1-2H3. The number of halogens is 2. The minimum atomic E-state index is -0.367. The van der Waals surface area contributed by atoms with E-state index in [1.807, 2.05) is 48.5 Å². The molecule has 0 aliphatic rings. The predicted octanol–water partition coefficient (Wildman–Crippen LogP) is 8.86. The third-order valence-corrected chi connectivity index (χ3v) is 9.10. The zero-order valence-corrected chi connectivity index (χ0v) is 27.0. The van der Waals surface area contributed by atoms with Crippen molar-refractivity contribution < 1.29 is 18.6 Å². The van der Waals surface area contributed by atoms with Gasteiger partial charge in [-0.1, -0.05) is 72.3 Å².